The standard InChI is InChI=1S/C18H16N4OS/c1-2-11-22-17(15-9-6-10-19-12-15)20-21-18(22)24-13-16(23)14-7-4-3-5-8-14/h2-10,12H,1,11,13H2. The van der Waals surface area contributed by atoms with Crippen molar-refractivity contribution in [3.8, 4) is 11.4 Å². The molecule has 5 nitrogen and oxygen atoms in total. The number of pyridine rings is 1. The molecule has 2 heterocycles. The highest BCUT2D eigenvalue weighted by molar-refractivity contribution is 7.99. The molecule has 6 heteroatoms. The normalized spacial score (nSPS) is 10.5. The second-order valence-electron chi connectivity index (χ2n) is 5.03. The third kappa shape index (κ3) is 3.60. The largest absolute Gasteiger partial charge is 0.298 e. The van der Waals surface area contributed by atoms with Gasteiger partial charge in [0.25, 0.3) is 0 Å². The highest BCUT2D eigenvalue weighted by atomic mass is 32.2. The molecule has 3 rings (SSSR count). The van der Waals surface area contributed by atoms with E-state index >= 15 is 0 Å². The number of thioether (sulfide) groups is 1. The molecular weight excluding hydrogens is 320 g/mol. The first kappa shape index (κ1) is 16.1. The van der Waals surface area contributed by atoms with Crippen molar-refractivity contribution in [1.29, 1.82) is 0 Å². The number of hydrogen-bond acceptors (Lipinski definition) is 5. The summed E-state index contributed by atoms with van der Waals surface area (Å²) < 4.78 is 1.94. The fraction of sp³-hybridized carbons (Fsp3) is 0.111. The Morgan fingerprint density at radius 1 is 1.17 bits per heavy atom. The second kappa shape index (κ2) is 7.70. The number of Topliss-reactive ketones (excluding diaryl/α,β-unsaturated/α-hetero) is 1. The average molecular weight is 336 g/mol. The molecule has 120 valence electrons. The molecular formula is C18H16N4OS. The van der Waals surface area contributed by atoms with Gasteiger partial charge in [-0.3, -0.25) is 14.3 Å². The molecule has 0 bridgehead atoms. The second-order valence-corrected chi connectivity index (χ2v) is 5.97. The van der Waals surface area contributed by atoms with Gasteiger partial charge in [-0.15, -0.1) is 16.8 Å². The van der Waals surface area contributed by atoms with E-state index in [1.807, 2.05) is 47.0 Å². The topological polar surface area (TPSA) is 60.7 Å². The maximum absolute atomic E-state index is 12.3. The predicted molar refractivity (Wildman–Crippen MR) is 94.9 cm³/mol. The number of carbonyl (C=O) groups excluding carboxylic acids is 1. The number of benzene rings is 1. The van der Waals surface area contributed by atoms with Crippen molar-refractivity contribution >= 4 is 17.5 Å². The van der Waals surface area contributed by atoms with E-state index in [1.54, 1.807) is 18.5 Å². The molecule has 0 N–H and O–H groups in total. The number of rotatable bonds is 7. The van der Waals surface area contributed by atoms with Crippen LogP contribution in [0.25, 0.3) is 11.4 Å². The fourth-order valence-electron chi connectivity index (χ4n) is 2.24. The van der Waals surface area contributed by atoms with Crippen molar-refractivity contribution in [3.05, 3.63) is 73.1 Å². The van der Waals surface area contributed by atoms with Gasteiger partial charge in [0, 0.05) is 30.1 Å². The predicted octanol–water partition coefficient (Wildman–Crippen LogP) is 3.50. The Hall–Kier alpha value is -2.73. The molecule has 3 aromatic rings. The Morgan fingerprint density at radius 2 is 2.00 bits per heavy atom. The van der Waals surface area contributed by atoms with Crippen LogP contribution in [-0.4, -0.2) is 31.3 Å². The van der Waals surface area contributed by atoms with E-state index < -0.39 is 0 Å². The Bertz CT molecular complexity index is 831. The molecule has 0 saturated heterocycles. The summed E-state index contributed by atoms with van der Waals surface area (Å²) in [6, 6.07) is 13.0. The van der Waals surface area contributed by atoms with E-state index in [0.29, 0.717) is 23.0 Å². The molecule has 24 heavy (non-hydrogen) atoms. The lowest BCUT2D eigenvalue weighted by Gasteiger charge is -2.07. The van der Waals surface area contributed by atoms with Crippen LogP contribution < -0.4 is 0 Å². The van der Waals surface area contributed by atoms with Crippen molar-refractivity contribution < 1.29 is 4.79 Å². The first-order valence-corrected chi connectivity index (χ1v) is 8.43. The minimum atomic E-state index is 0.0664. The summed E-state index contributed by atoms with van der Waals surface area (Å²) in [5, 5.41) is 9.17. The molecule has 2 aromatic heterocycles. The van der Waals surface area contributed by atoms with Crippen LogP contribution in [0.1, 0.15) is 10.4 Å². The zero-order valence-electron chi connectivity index (χ0n) is 13.0. The average Bonchev–Trinajstić information content (AvgIpc) is 3.04. The summed E-state index contributed by atoms with van der Waals surface area (Å²) in [5.74, 6) is 1.10. The van der Waals surface area contributed by atoms with Crippen molar-refractivity contribution in [1.82, 2.24) is 19.7 Å². The highest BCUT2D eigenvalue weighted by Crippen LogP contribution is 2.24. The molecule has 0 unspecified atom stereocenters. The SMILES string of the molecule is C=CCn1c(SCC(=O)c2ccccc2)nnc1-c1cccnc1. The Balaban J connectivity index is 1.80. The van der Waals surface area contributed by atoms with Crippen LogP contribution >= 0.6 is 11.8 Å². The van der Waals surface area contributed by atoms with Gasteiger partial charge in [0.1, 0.15) is 0 Å². The number of aromatic nitrogens is 4. The summed E-state index contributed by atoms with van der Waals surface area (Å²) in [7, 11) is 0. The quantitative estimate of drug-likeness (QED) is 0.375. The molecule has 0 amide bonds. The lowest BCUT2D eigenvalue weighted by molar-refractivity contribution is 0.102. The Labute approximate surface area is 144 Å². The van der Waals surface area contributed by atoms with Crippen molar-refractivity contribution in [2.45, 2.75) is 11.7 Å². The van der Waals surface area contributed by atoms with Gasteiger partial charge in [0.2, 0.25) is 0 Å². The first-order chi connectivity index (χ1) is 11.8. The van der Waals surface area contributed by atoms with Crippen LogP contribution in [0.3, 0.4) is 0 Å². The molecule has 0 spiro atoms. The molecule has 0 aliphatic heterocycles. The van der Waals surface area contributed by atoms with E-state index in [1.165, 1.54) is 11.8 Å². The summed E-state index contributed by atoms with van der Waals surface area (Å²) in [4.78, 5) is 16.4. The zero-order chi connectivity index (χ0) is 16.8. The van der Waals surface area contributed by atoms with Crippen LogP contribution in [0.4, 0.5) is 0 Å². The van der Waals surface area contributed by atoms with Crippen LogP contribution in [0.15, 0.2) is 72.7 Å². The van der Waals surface area contributed by atoms with Gasteiger partial charge in [0.15, 0.2) is 16.8 Å². The van der Waals surface area contributed by atoms with Crippen molar-refractivity contribution in [3.63, 3.8) is 0 Å². The molecule has 0 aliphatic carbocycles. The van der Waals surface area contributed by atoms with Crippen molar-refractivity contribution in [2.24, 2.45) is 0 Å². The minimum Gasteiger partial charge on any atom is -0.298 e. The van der Waals surface area contributed by atoms with Gasteiger partial charge >= 0.3 is 0 Å². The molecule has 0 radical (unpaired) electrons. The smallest absolute Gasteiger partial charge is 0.192 e. The van der Waals surface area contributed by atoms with Gasteiger partial charge < -0.3 is 0 Å². The molecule has 0 fully saturated rings. The van der Waals surface area contributed by atoms with Crippen LogP contribution in [-0.2, 0) is 6.54 Å². The van der Waals surface area contributed by atoms with E-state index in [9.17, 15) is 4.79 Å². The van der Waals surface area contributed by atoms with Gasteiger partial charge in [-0.1, -0.05) is 48.2 Å². The Kier molecular flexibility index (Phi) is 5.18. The van der Waals surface area contributed by atoms with Gasteiger partial charge in [0.05, 0.1) is 5.75 Å². The van der Waals surface area contributed by atoms with Crippen LogP contribution in [0.5, 0.6) is 0 Å². The van der Waals surface area contributed by atoms with E-state index in [2.05, 4.69) is 21.8 Å². The maximum Gasteiger partial charge on any atom is 0.192 e. The van der Waals surface area contributed by atoms with Crippen LogP contribution in [0, 0.1) is 0 Å². The number of ketones is 1. The van der Waals surface area contributed by atoms with Crippen LogP contribution in [0.2, 0.25) is 0 Å². The number of carbonyl (C=O) groups is 1. The number of allylic oxidation sites excluding steroid dienone is 1. The van der Waals surface area contributed by atoms with Crippen molar-refractivity contribution in [2.75, 3.05) is 5.75 Å². The molecule has 0 saturated carbocycles. The number of hydrogen-bond donors (Lipinski definition) is 0. The third-order valence-electron chi connectivity index (χ3n) is 3.38. The molecule has 1 aromatic carbocycles. The third-order valence-corrected chi connectivity index (χ3v) is 4.34. The summed E-state index contributed by atoms with van der Waals surface area (Å²) >= 11 is 1.38. The highest BCUT2D eigenvalue weighted by Gasteiger charge is 2.15. The van der Waals surface area contributed by atoms with Gasteiger partial charge in [-0.05, 0) is 12.1 Å². The first-order valence-electron chi connectivity index (χ1n) is 7.45. The Morgan fingerprint density at radius 3 is 2.71 bits per heavy atom. The van der Waals surface area contributed by atoms with Gasteiger partial charge in [-0.25, -0.2) is 0 Å². The summed E-state index contributed by atoms with van der Waals surface area (Å²) in [6.07, 6.45) is 5.24. The fourth-order valence-corrected chi connectivity index (χ4v) is 3.08. The molecule has 0 atom stereocenters. The lowest BCUT2D eigenvalue weighted by atomic mass is 10.2. The molecule has 0 aliphatic rings. The minimum absolute atomic E-state index is 0.0664. The summed E-state index contributed by atoms with van der Waals surface area (Å²) in [5.41, 5.74) is 1.58. The summed E-state index contributed by atoms with van der Waals surface area (Å²) in [6.45, 7) is 4.35. The van der Waals surface area contributed by atoms with E-state index in [4.69, 9.17) is 0 Å². The lowest BCUT2D eigenvalue weighted by Crippen LogP contribution is -2.05. The number of nitrogens with zero attached hydrogens (tertiary/aromatic N) is 4. The zero-order valence-corrected chi connectivity index (χ0v) is 13.8. The maximum atomic E-state index is 12.3. The van der Waals surface area contributed by atoms with Gasteiger partial charge in [-0.2, -0.15) is 0 Å². The van der Waals surface area contributed by atoms with E-state index in [-0.39, 0.29) is 5.78 Å². The van der Waals surface area contributed by atoms with E-state index in [0.717, 1.165) is 11.4 Å². The monoisotopic (exact) mass is 336 g/mol.